The first-order chi connectivity index (χ1) is 13.6. The van der Waals surface area contributed by atoms with Crippen molar-refractivity contribution in [1.29, 1.82) is 5.41 Å². The smallest absolute Gasteiger partial charge is 0.219 e. The summed E-state index contributed by atoms with van der Waals surface area (Å²) in [4.78, 5) is 6.75. The van der Waals surface area contributed by atoms with Gasteiger partial charge in [-0.2, -0.15) is 0 Å². The highest BCUT2D eigenvalue weighted by Crippen LogP contribution is 2.42. The number of hydrogen-bond acceptors (Lipinski definition) is 5. The highest BCUT2D eigenvalue weighted by Gasteiger charge is 2.26. The number of pyridine rings is 1. The number of ether oxygens (including phenoxy) is 1. The maximum Gasteiger partial charge on any atom is 0.219 e. The zero-order valence-electron chi connectivity index (χ0n) is 16.8. The predicted molar refractivity (Wildman–Crippen MR) is 115 cm³/mol. The average Bonchev–Trinajstić information content (AvgIpc) is 3.52. The molecular weight excluding hydrogens is 348 g/mol. The number of anilines is 1. The molecule has 0 radical (unpaired) electrons. The van der Waals surface area contributed by atoms with Crippen LogP contribution in [-0.2, 0) is 6.42 Å². The van der Waals surface area contributed by atoms with Gasteiger partial charge in [-0.05, 0) is 57.2 Å². The van der Waals surface area contributed by atoms with Gasteiger partial charge in [0.1, 0.15) is 5.75 Å². The molecule has 1 saturated carbocycles. The van der Waals surface area contributed by atoms with Crippen LogP contribution in [0.3, 0.4) is 0 Å². The van der Waals surface area contributed by atoms with Crippen molar-refractivity contribution >= 4 is 17.5 Å². The van der Waals surface area contributed by atoms with E-state index in [2.05, 4.69) is 41.3 Å². The summed E-state index contributed by atoms with van der Waals surface area (Å²) in [6.07, 6.45) is 9.61. The third kappa shape index (κ3) is 3.75. The third-order valence-corrected chi connectivity index (χ3v) is 5.70. The van der Waals surface area contributed by atoms with Crippen molar-refractivity contribution in [2.45, 2.75) is 51.6 Å². The first-order valence-electron chi connectivity index (χ1n) is 10.0. The van der Waals surface area contributed by atoms with Gasteiger partial charge in [0.2, 0.25) is 5.88 Å². The molecule has 2 N–H and O–H groups in total. The lowest BCUT2D eigenvalue weighted by atomic mass is 9.92. The van der Waals surface area contributed by atoms with E-state index >= 15 is 0 Å². The molecule has 1 aliphatic heterocycles. The van der Waals surface area contributed by atoms with Crippen molar-refractivity contribution in [3.8, 4) is 11.6 Å². The van der Waals surface area contributed by atoms with Crippen LogP contribution in [0.25, 0.3) is 5.57 Å². The van der Waals surface area contributed by atoms with Gasteiger partial charge in [0.05, 0.1) is 0 Å². The number of nitrogens with zero attached hydrogens (tertiary/aromatic N) is 2. The van der Waals surface area contributed by atoms with E-state index in [-0.39, 0.29) is 0 Å². The second-order valence-corrected chi connectivity index (χ2v) is 7.90. The van der Waals surface area contributed by atoms with Crippen LogP contribution < -0.4 is 15.0 Å². The predicted octanol–water partition coefficient (Wildman–Crippen LogP) is 4.70. The molecule has 5 nitrogen and oxygen atoms in total. The fourth-order valence-electron chi connectivity index (χ4n) is 3.59. The number of nitrogens with one attached hydrogen (secondary N) is 2. The third-order valence-electron chi connectivity index (χ3n) is 5.70. The van der Waals surface area contributed by atoms with Crippen molar-refractivity contribution in [2.24, 2.45) is 0 Å². The molecule has 2 aliphatic rings. The number of rotatable bonds is 6. The topological polar surface area (TPSA) is 61.2 Å². The van der Waals surface area contributed by atoms with E-state index in [1.807, 2.05) is 31.5 Å². The van der Waals surface area contributed by atoms with Gasteiger partial charge in [-0.25, -0.2) is 4.98 Å². The Balaban J connectivity index is 1.79. The first-order valence-corrected chi connectivity index (χ1v) is 10.0. The monoisotopic (exact) mass is 376 g/mol. The molecule has 1 fully saturated rings. The lowest BCUT2D eigenvalue weighted by Gasteiger charge is -2.35. The van der Waals surface area contributed by atoms with Gasteiger partial charge in [-0.1, -0.05) is 6.07 Å². The van der Waals surface area contributed by atoms with Crippen LogP contribution in [0.15, 0.2) is 36.7 Å². The molecular formula is C23H28N4O. The van der Waals surface area contributed by atoms with E-state index in [4.69, 9.17) is 10.1 Å². The molecule has 1 atom stereocenters. The van der Waals surface area contributed by atoms with E-state index < -0.39 is 0 Å². The lowest BCUT2D eigenvalue weighted by molar-refractivity contribution is 0.450. The number of benzene rings is 1. The molecule has 2 heterocycles. The highest BCUT2D eigenvalue weighted by molar-refractivity contribution is 6.09. The molecule has 0 amide bonds. The zero-order valence-corrected chi connectivity index (χ0v) is 16.8. The average molecular weight is 377 g/mol. The standard InChI is InChI=1S/C23H28N4O/c1-15-4-11-22(26-13-15)28-23-19(17(12-24)14-25-18-6-7-18)9-10-21-20(23)8-5-16(2)27(21)3/h4,9-14,16,18,24-25H,5-8H2,1-3H3/b17-14+,24-12?. The number of aromatic nitrogens is 1. The summed E-state index contributed by atoms with van der Waals surface area (Å²) in [6.45, 7) is 4.27. The molecule has 4 rings (SSSR count). The van der Waals surface area contributed by atoms with Gasteiger partial charge < -0.3 is 20.4 Å². The fraction of sp³-hybridized carbons (Fsp3) is 0.391. The Kier molecular flexibility index (Phi) is 5.07. The molecule has 0 bridgehead atoms. The lowest BCUT2D eigenvalue weighted by Crippen LogP contribution is -2.33. The maximum atomic E-state index is 7.96. The van der Waals surface area contributed by atoms with Crippen molar-refractivity contribution in [1.82, 2.24) is 10.3 Å². The second-order valence-electron chi connectivity index (χ2n) is 7.90. The first kappa shape index (κ1) is 18.5. The second kappa shape index (κ2) is 7.66. The summed E-state index contributed by atoms with van der Waals surface area (Å²) >= 11 is 0. The zero-order chi connectivity index (χ0) is 19.7. The van der Waals surface area contributed by atoms with Crippen molar-refractivity contribution in [3.63, 3.8) is 0 Å². The highest BCUT2D eigenvalue weighted by atomic mass is 16.5. The number of hydrogen-bond donors (Lipinski definition) is 2. The molecule has 2 aromatic rings. The molecule has 1 aromatic heterocycles. The van der Waals surface area contributed by atoms with Crippen molar-refractivity contribution in [3.05, 3.63) is 53.4 Å². The van der Waals surface area contributed by atoms with Crippen LogP contribution in [-0.4, -0.2) is 30.3 Å². The molecule has 146 valence electrons. The fourth-order valence-corrected chi connectivity index (χ4v) is 3.59. The Morgan fingerprint density at radius 1 is 1.25 bits per heavy atom. The summed E-state index contributed by atoms with van der Waals surface area (Å²) in [5, 5.41) is 11.4. The summed E-state index contributed by atoms with van der Waals surface area (Å²) in [5.74, 6) is 1.40. The molecule has 1 unspecified atom stereocenters. The van der Waals surface area contributed by atoms with Gasteiger partial charge >= 0.3 is 0 Å². The van der Waals surface area contributed by atoms with E-state index in [0.717, 1.165) is 35.3 Å². The van der Waals surface area contributed by atoms with Gasteiger partial charge in [0, 0.05) is 66.2 Å². The minimum Gasteiger partial charge on any atom is -0.438 e. The Morgan fingerprint density at radius 3 is 2.75 bits per heavy atom. The molecule has 0 saturated heterocycles. The molecule has 1 aliphatic carbocycles. The van der Waals surface area contributed by atoms with Crippen LogP contribution in [0.1, 0.15) is 42.9 Å². The van der Waals surface area contributed by atoms with Gasteiger partial charge in [0.15, 0.2) is 0 Å². The number of fused-ring (bicyclic) bond motifs is 1. The summed E-state index contributed by atoms with van der Waals surface area (Å²) in [6, 6.07) is 9.19. The van der Waals surface area contributed by atoms with E-state index in [0.29, 0.717) is 18.0 Å². The van der Waals surface area contributed by atoms with Crippen molar-refractivity contribution < 1.29 is 4.74 Å². The minimum atomic E-state index is 0.498. The molecule has 28 heavy (non-hydrogen) atoms. The molecule has 5 heteroatoms. The van der Waals surface area contributed by atoms with Crippen LogP contribution >= 0.6 is 0 Å². The Bertz CT molecular complexity index is 900. The largest absolute Gasteiger partial charge is 0.438 e. The normalized spacial score (nSPS) is 19.2. The Morgan fingerprint density at radius 2 is 2.07 bits per heavy atom. The SMILES string of the molecule is Cc1ccc(Oc2c(/C(C=N)=C/NC3CC3)ccc3c2CCC(C)N3C)nc1. The minimum absolute atomic E-state index is 0.498. The van der Waals surface area contributed by atoms with E-state index in [1.165, 1.54) is 30.3 Å². The number of aryl methyl sites for hydroxylation is 1. The Hall–Kier alpha value is -2.82. The number of allylic oxidation sites excluding steroid dienone is 1. The molecule has 0 spiro atoms. The summed E-state index contributed by atoms with van der Waals surface area (Å²) in [7, 11) is 2.14. The van der Waals surface area contributed by atoms with Crippen LogP contribution in [0, 0.1) is 12.3 Å². The van der Waals surface area contributed by atoms with Crippen LogP contribution in [0.2, 0.25) is 0 Å². The van der Waals surface area contributed by atoms with Gasteiger partial charge in [0.25, 0.3) is 0 Å². The quantitative estimate of drug-likeness (QED) is 0.718. The van der Waals surface area contributed by atoms with E-state index in [1.54, 1.807) is 0 Å². The van der Waals surface area contributed by atoms with Gasteiger partial charge in [-0.3, -0.25) is 0 Å². The van der Waals surface area contributed by atoms with Crippen LogP contribution in [0.5, 0.6) is 11.6 Å². The molecule has 1 aromatic carbocycles. The Labute approximate surface area is 166 Å². The van der Waals surface area contributed by atoms with E-state index in [9.17, 15) is 0 Å². The summed E-state index contributed by atoms with van der Waals surface area (Å²) in [5.41, 5.74) is 5.26. The van der Waals surface area contributed by atoms with Crippen molar-refractivity contribution in [2.75, 3.05) is 11.9 Å². The van der Waals surface area contributed by atoms with Crippen LogP contribution in [0.4, 0.5) is 5.69 Å². The maximum absolute atomic E-state index is 7.96. The van der Waals surface area contributed by atoms with Gasteiger partial charge in [-0.15, -0.1) is 0 Å². The summed E-state index contributed by atoms with van der Waals surface area (Å²) < 4.78 is 6.34.